The van der Waals surface area contributed by atoms with Gasteiger partial charge < -0.3 is 15.4 Å². The maximum absolute atomic E-state index is 12.7. The quantitative estimate of drug-likeness (QED) is 0.605. The van der Waals surface area contributed by atoms with E-state index in [9.17, 15) is 9.59 Å². The minimum absolute atomic E-state index is 0.165. The summed E-state index contributed by atoms with van der Waals surface area (Å²) in [6, 6.07) is 20.7. The molecule has 0 aromatic heterocycles. The number of carbonyl (C=O) groups excluding carboxylic acids is 2. The monoisotopic (exact) mass is 418 g/mol. The Balaban J connectivity index is 1.44. The highest BCUT2D eigenvalue weighted by molar-refractivity contribution is 7.99. The van der Waals surface area contributed by atoms with Crippen molar-refractivity contribution in [1.82, 2.24) is 5.32 Å². The zero-order valence-corrected chi connectivity index (χ0v) is 17.4. The first kappa shape index (κ1) is 20.0. The van der Waals surface area contributed by atoms with Gasteiger partial charge in [0, 0.05) is 21.9 Å². The first-order chi connectivity index (χ1) is 14.7. The second-order valence-corrected chi connectivity index (χ2v) is 7.89. The van der Waals surface area contributed by atoms with Crippen molar-refractivity contribution in [3.63, 3.8) is 0 Å². The van der Waals surface area contributed by atoms with Gasteiger partial charge in [0.15, 0.2) is 0 Å². The van der Waals surface area contributed by atoms with Crippen LogP contribution >= 0.6 is 11.8 Å². The number of benzene rings is 3. The Labute approximate surface area is 179 Å². The lowest BCUT2D eigenvalue weighted by molar-refractivity contribution is 0.0952. The Morgan fingerprint density at radius 3 is 2.70 bits per heavy atom. The van der Waals surface area contributed by atoms with Crippen molar-refractivity contribution in [1.29, 1.82) is 0 Å². The van der Waals surface area contributed by atoms with E-state index in [-0.39, 0.29) is 11.8 Å². The van der Waals surface area contributed by atoms with Crippen LogP contribution in [0.3, 0.4) is 0 Å². The zero-order valence-electron chi connectivity index (χ0n) is 16.6. The van der Waals surface area contributed by atoms with Crippen molar-refractivity contribution in [2.45, 2.75) is 23.1 Å². The fourth-order valence-corrected chi connectivity index (χ4v) is 4.34. The Bertz CT molecular complexity index is 1100. The molecule has 2 N–H and O–H groups in total. The van der Waals surface area contributed by atoms with Crippen LogP contribution in [0.5, 0.6) is 5.75 Å². The van der Waals surface area contributed by atoms with Gasteiger partial charge in [-0.2, -0.15) is 0 Å². The first-order valence-electron chi connectivity index (χ1n) is 9.87. The van der Waals surface area contributed by atoms with Gasteiger partial charge in [-0.25, -0.2) is 0 Å². The molecule has 0 radical (unpaired) electrons. The first-order valence-corrected chi connectivity index (χ1v) is 10.7. The fraction of sp³-hybridized carbons (Fsp3) is 0.167. The van der Waals surface area contributed by atoms with Gasteiger partial charge in [-0.3, -0.25) is 9.59 Å². The normalized spacial score (nSPS) is 12.2. The zero-order chi connectivity index (χ0) is 20.9. The number of rotatable bonds is 6. The molecule has 0 unspecified atom stereocenters. The molecule has 0 fully saturated rings. The molecule has 1 heterocycles. The van der Waals surface area contributed by atoms with E-state index in [1.165, 1.54) is 11.8 Å². The Kier molecular flexibility index (Phi) is 6.05. The molecule has 6 heteroatoms. The maximum Gasteiger partial charge on any atom is 0.256 e. The molecule has 0 atom stereocenters. The number of ether oxygens (including phenoxy) is 1. The molecule has 0 saturated heterocycles. The number of hydrogen-bond donors (Lipinski definition) is 2. The Hall–Kier alpha value is -3.25. The molecule has 0 spiro atoms. The molecule has 3 aromatic carbocycles. The van der Waals surface area contributed by atoms with Gasteiger partial charge in [0.2, 0.25) is 0 Å². The second-order valence-electron chi connectivity index (χ2n) is 6.81. The Morgan fingerprint density at radius 2 is 1.83 bits per heavy atom. The van der Waals surface area contributed by atoms with Crippen molar-refractivity contribution >= 4 is 29.3 Å². The number of hydrogen-bond acceptors (Lipinski definition) is 4. The highest BCUT2D eigenvalue weighted by Crippen LogP contribution is 2.38. The highest BCUT2D eigenvalue weighted by Gasteiger charge is 2.20. The van der Waals surface area contributed by atoms with E-state index in [1.807, 2.05) is 55.5 Å². The molecule has 0 aliphatic carbocycles. The standard InChI is InChI=1S/C24H22N2O3S/c1-2-29-20-9-5-3-7-16(20)13-14-25-23(27)17-11-12-22-19(15-17)26-24(28)18-8-4-6-10-21(18)30-22/h3-12,15H,2,13-14H2,1H3,(H,25,27)(H,26,28). The molecular weight excluding hydrogens is 396 g/mol. The topological polar surface area (TPSA) is 67.4 Å². The van der Waals surface area contributed by atoms with Gasteiger partial charge in [0.05, 0.1) is 17.9 Å². The molecule has 4 rings (SSSR count). The van der Waals surface area contributed by atoms with Crippen LogP contribution in [0.25, 0.3) is 0 Å². The summed E-state index contributed by atoms with van der Waals surface area (Å²) in [5.41, 5.74) is 2.86. The molecule has 5 nitrogen and oxygen atoms in total. The van der Waals surface area contributed by atoms with Gasteiger partial charge in [0.25, 0.3) is 11.8 Å². The minimum atomic E-state index is -0.173. The van der Waals surface area contributed by atoms with E-state index >= 15 is 0 Å². The van der Waals surface area contributed by atoms with Crippen molar-refractivity contribution < 1.29 is 14.3 Å². The maximum atomic E-state index is 12.7. The van der Waals surface area contributed by atoms with Crippen molar-refractivity contribution in [2.24, 2.45) is 0 Å². The molecule has 3 aromatic rings. The summed E-state index contributed by atoms with van der Waals surface area (Å²) in [6.07, 6.45) is 0.675. The van der Waals surface area contributed by atoms with Crippen LogP contribution < -0.4 is 15.4 Å². The number of carbonyl (C=O) groups is 2. The minimum Gasteiger partial charge on any atom is -0.494 e. The fourth-order valence-electron chi connectivity index (χ4n) is 3.33. The third-order valence-corrected chi connectivity index (χ3v) is 5.95. The average Bonchev–Trinajstić information content (AvgIpc) is 2.90. The summed E-state index contributed by atoms with van der Waals surface area (Å²) >= 11 is 1.52. The lowest BCUT2D eigenvalue weighted by atomic mass is 10.1. The van der Waals surface area contributed by atoms with Crippen molar-refractivity contribution in [3.8, 4) is 5.75 Å². The molecule has 2 amide bonds. The molecule has 1 aliphatic rings. The van der Waals surface area contributed by atoms with Gasteiger partial charge in [0.1, 0.15) is 5.75 Å². The van der Waals surface area contributed by atoms with Gasteiger partial charge >= 0.3 is 0 Å². The second kappa shape index (κ2) is 9.05. The molecule has 30 heavy (non-hydrogen) atoms. The van der Waals surface area contributed by atoms with Crippen LogP contribution in [0.4, 0.5) is 5.69 Å². The summed E-state index contributed by atoms with van der Waals surface area (Å²) in [5.74, 6) is 0.508. The number of anilines is 1. The Morgan fingerprint density at radius 1 is 1.03 bits per heavy atom. The van der Waals surface area contributed by atoms with Gasteiger partial charge in [-0.15, -0.1) is 0 Å². The third-order valence-electron chi connectivity index (χ3n) is 4.79. The van der Waals surface area contributed by atoms with Crippen LogP contribution in [-0.2, 0) is 6.42 Å². The van der Waals surface area contributed by atoms with E-state index in [0.29, 0.717) is 36.4 Å². The molecule has 152 valence electrons. The van der Waals surface area contributed by atoms with Crippen molar-refractivity contribution in [3.05, 3.63) is 83.4 Å². The smallest absolute Gasteiger partial charge is 0.256 e. The lowest BCUT2D eigenvalue weighted by Crippen LogP contribution is -2.26. The van der Waals surface area contributed by atoms with Crippen LogP contribution in [-0.4, -0.2) is 25.0 Å². The van der Waals surface area contributed by atoms with Crippen LogP contribution in [0, 0.1) is 0 Å². The predicted octanol–water partition coefficient (Wildman–Crippen LogP) is 4.77. The largest absolute Gasteiger partial charge is 0.494 e. The van der Waals surface area contributed by atoms with Crippen LogP contribution in [0.1, 0.15) is 33.2 Å². The number of nitrogens with one attached hydrogen (secondary N) is 2. The summed E-state index contributed by atoms with van der Waals surface area (Å²) in [7, 11) is 0. The van der Waals surface area contributed by atoms with Gasteiger partial charge in [-0.1, -0.05) is 42.1 Å². The summed E-state index contributed by atoms with van der Waals surface area (Å²) < 4.78 is 5.63. The molecule has 0 saturated carbocycles. The van der Waals surface area contributed by atoms with Crippen LogP contribution in [0.2, 0.25) is 0 Å². The number of fused-ring (bicyclic) bond motifs is 2. The van der Waals surface area contributed by atoms with E-state index in [1.54, 1.807) is 18.2 Å². The summed E-state index contributed by atoms with van der Waals surface area (Å²) in [5, 5.41) is 5.87. The highest BCUT2D eigenvalue weighted by atomic mass is 32.2. The third kappa shape index (κ3) is 4.33. The summed E-state index contributed by atoms with van der Waals surface area (Å²) in [6.45, 7) is 3.05. The van der Waals surface area contributed by atoms with Gasteiger partial charge in [-0.05, 0) is 55.3 Å². The van der Waals surface area contributed by atoms with E-state index < -0.39 is 0 Å². The lowest BCUT2D eigenvalue weighted by Gasteiger charge is -2.12. The molecule has 0 bridgehead atoms. The van der Waals surface area contributed by atoms with E-state index in [4.69, 9.17) is 4.74 Å². The van der Waals surface area contributed by atoms with E-state index in [2.05, 4.69) is 10.6 Å². The average molecular weight is 419 g/mol. The molecular formula is C24H22N2O3S. The summed E-state index contributed by atoms with van der Waals surface area (Å²) in [4.78, 5) is 27.0. The van der Waals surface area contributed by atoms with Crippen LogP contribution in [0.15, 0.2) is 76.5 Å². The number of para-hydroxylation sites is 1. The van der Waals surface area contributed by atoms with Crippen molar-refractivity contribution in [2.75, 3.05) is 18.5 Å². The molecule has 1 aliphatic heterocycles. The predicted molar refractivity (Wildman–Crippen MR) is 119 cm³/mol. The van der Waals surface area contributed by atoms with E-state index in [0.717, 1.165) is 21.1 Å². The SMILES string of the molecule is CCOc1ccccc1CCNC(=O)c1ccc2c(c1)NC(=O)c1ccccc1S2. The number of amides is 2.